The summed E-state index contributed by atoms with van der Waals surface area (Å²) in [5.74, 6) is 0. The van der Waals surface area contributed by atoms with Crippen LogP contribution in [0, 0.1) is 0 Å². The van der Waals surface area contributed by atoms with E-state index in [-0.39, 0.29) is 6.04 Å². The number of hydrogen-bond acceptors (Lipinski definition) is 3. The highest BCUT2D eigenvalue weighted by molar-refractivity contribution is 5.10. The van der Waals surface area contributed by atoms with Gasteiger partial charge in [-0.1, -0.05) is 12.8 Å². The molecule has 1 aromatic heterocycles. The number of aromatic nitrogens is 2. The van der Waals surface area contributed by atoms with Crippen molar-refractivity contribution >= 4 is 0 Å². The topological polar surface area (TPSA) is 47.1 Å². The van der Waals surface area contributed by atoms with Gasteiger partial charge in [0.2, 0.25) is 0 Å². The van der Waals surface area contributed by atoms with E-state index in [9.17, 15) is 0 Å². The van der Waals surface area contributed by atoms with Crippen LogP contribution in [-0.2, 0) is 7.05 Å². The predicted molar refractivity (Wildman–Crippen MR) is 69.6 cm³/mol. The fourth-order valence-electron chi connectivity index (χ4n) is 2.60. The molecule has 2 rings (SSSR count). The van der Waals surface area contributed by atoms with Gasteiger partial charge < -0.3 is 5.73 Å². The molecule has 0 radical (unpaired) electrons. The minimum absolute atomic E-state index is 0.0873. The van der Waals surface area contributed by atoms with Crippen LogP contribution in [-0.4, -0.2) is 33.8 Å². The predicted octanol–water partition coefficient (Wildman–Crippen LogP) is 1.68. The van der Waals surface area contributed by atoms with Crippen molar-refractivity contribution < 1.29 is 0 Å². The van der Waals surface area contributed by atoms with E-state index in [4.69, 9.17) is 5.73 Å². The highest BCUT2D eigenvalue weighted by atomic mass is 15.2. The zero-order chi connectivity index (χ0) is 12.3. The minimum atomic E-state index is 0.0873. The van der Waals surface area contributed by atoms with Gasteiger partial charge in [0.05, 0.1) is 6.20 Å². The van der Waals surface area contributed by atoms with Gasteiger partial charge in [0.15, 0.2) is 0 Å². The van der Waals surface area contributed by atoms with Crippen molar-refractivity contribution in [2.75, 3.05) is 13.1 Å². The molecule has 4 nitrogen and oxygen atoms in total. The van der Waals surface area contributed by atoms with Crippen LogP contribution < -0.4 is 5.73 Å². The van der Waals surface area contributed by atoms with Gasteiger partial charge >= 0.3 is 0 Å². The van der Waals surface area contributed by atoms with Gasteiger partial charge in [-0.05, 0) is 26.3 Å². The third-order valence-corrected chi connectivity index (χ3v) is 3.77. The highest BCUT2D eigenvalue weighted by Crippen LogP contribution is 2.19. The molecule has 1 aliphatic rings. The van der Waals surface area contributed by atoms with Crippen molar-refractivity contribution in [3.8, 4) is 0 Å². The number of rotatable bonds is 3. The van der Waals surface area contributed by atoms with Crippen molar-refractivity contribution in [3.63, 3.8) is 0 Å². The van der Waals surface area contributed by atoms with E-state index >= 15 is 0 Å². The Morgan fingerprint density at radius 2 is 2.29 bits per heavy atom. The average Bonchev–Trinajstić information content (AvgIpc) is 2.63. The molecular formula is C13H24N4. The van der Waals surface area contributed by atoms with Gasteiger partial charge in [-0.15, -0.1) is 0 Å². The zero-order valence-corrected chi connectivity index (χ0v) is 11.0. The van der Waals surface area contributed by atoms with Crippen LogP contribution in [0.5, 0.6) is 0 Å². The third kappa shape index (κ3) is 3.30. The summed E-state index contributed by atoms with van der Waals surface area (Å²) in [6.45, 7) is 4.46. The van der Waals surface area contributed by atoms with Gasteiger partial charge in [0.1, 0.15) is 0 Å². The molecule has 2 unspecified atom stereocenters. The molecule has 0 amide bonds. The maximum Gasteiger partial charge on any atom is 0.0537 e. The van der Waals surface area contributed by atoms with Crippen molar-refractivity contribution in [1.82, 2.24) is 14.7 Å². The third-order valence-electron chi connectivity index (χ3n) is 3.77. The first-order valence-electron chi connectivity index (χ1n) is 6.65. The van der Waals surface area contributed by atoms with Crippen molar-refractivity contribution in [1.29, 1.82) is 0 Å². The van der Waals surface area contributed by atoms with Gasteiger partial charge in [-0.3, -0.25) is 9.58 Å². The Bertz CT molecular complexity index is 347. The van der Waals surface area contributed by atoms with Gasteiger partial charge in [-0.25, -0.2) is 0 Å². The van der Waals surface area contributed by atoms with Crippen LogP contribution in [0.15, 0.2) is 12.4 Å². The number of nitrogens with two attached hydrogens (primary N) is 1. The molecule has 1 aliphatic heterocycles. The van der Waals surface area contributed by atoms with Crippen LogP contribution >= 0.6 is 0 Å². The number of aryl methyl sites for hydroxylation is 1. The molecule has 17 heavy (non-hydrogen) atoms. The molecule has 1 aromatic rings. The molecule has 0 spiro atoms. The van der Waals surface area contributed by atoms with E-state index in [1.807, 2.05) is 24.1 Å². The van der Waals surface area contributed by atoms with Gasteiger partial charge in [0, 0.05) is 37.4 Å². The Balaban J connectivity index is 1.94. The Kier molecular flexibility index (Phi) is 4.18. The summed E-state index contributed by atoms with van der Waals surface area (Å²) in [5, 5.41) is 4.19. The fraction of sp³-hybridized carbons (Fsp3) is 0.769. The van der Waals surface area contributed by atoms with E-state index in [2.05, 4.69) is 16.9 Å². The van der Waals surface area contributed by atoms with Crippen LogP contribution in [0.3, 0.4) is 0 Å². The van der Waals surface area contributed by atoms with Crippen LogP contribution in [0.25, 0.3) is 0 Å². The molecule has 0 saturated carbocycles. The SMILES string of the molecule is CC1CCCCCN1CC(N)c1cnn(C)c1. The highest BCUT2D eigenvalue weighted by Gasteiger charge is 2.20. The normalized spacial score (nSPS) is 24.5. The standard InChI is InChI=1S/C13H24N4/c1-11-6-4-3-5-7-17(11)10-13(14)12-8-15-16(2)9-12/h8-9,11,13H,3-7,10,14H2,1-2H3. The second kappa shape index (κ2) is 5.65. The monoisotopic (exact) mass is 236 g/mol. The molecule has 2 heterocycles. The number of hydrogen-bond donors (Lipinski definition) is 1. The van der Waals surface area contributed by atoms with Crippen LogP contribution in [0.2, 0.25) is 0 Å². The maximum absolute atomic E-state index is 6.26. The van der Waals surface area contributed by atoms with E-state index < -0.39 is 0 Å². The lowest BCUT2D eigenvalue weighted by Gasteiger charge is -2.29. The molecule has 1 saturated heterocycles. The first-order chi connectivity index (χ1) is 8.16. The zero-order valence-electron chi connectivity index (χ0n) is 11.0. The first kappa shape index (κ1) is 12.6. The van der Waals surface area contributed by atoms with Crippen molar-refractivity contribution in [2.45, 2.75) is 44.7 Å². The molecular weight excluding hydrogens is 212 g/mol. The summed E-state index contributed by atoms with van der Waals surface area (Å²) in [6.07, 6.45) is 9.24. The summed E-state index contributed by atoms with van der Waals surface area (Å²) >= 11 is 0. The van der Waals surface area contributed by atoms with Crippen LogP contribution in [0.1, 0.15) is 44.2 Å². The Morgan fingerprint density at radius 3 is 3.00 bits per heavy atom. The van der Waals surface area contributed by atoms with E-state index in [1.54, 1.807) is 0 Å². The van der Waals surface area contributed by atoms with Gasteiger partial charge in [0.25, 0.3) is 0 Å². The molecule has 2 N–H and O–H groups in total. The molecule has 96 valence electrons. The van der Waals surface area contributed by atoms with Crippen molar-refractivity contribution in [3.05, 3.63) is 18.0 Å². The second-order valence-corrected chi connectivity index (χ2v) is 5.25. The summed E-state index contributed by atoms with van der Waals surface area (Å²) in [4.78, 5) is 2.53. The lowest BCUT2D eigenvalue weighted by atomic mass is 10.1. The second-order valence-electron chi connectivity index (χ2n) is 5.25. The molecule has 0 aromatic carbocycles. The molecule has 2 atom stereocenters. The minimum Gasteiger partial charge on any atom is -0.323 e. The summed E-state index contributed by atoms with van der Waals surface area (Å²) in [6, 6.07) is 0.754. The van der Waals surface area contributed by atoms with E-state index in [0.29, 0.717) is 6.04 Å². The maximum atomic E-state index is 6.26. The number of likely N-dealkylation sites (tertiary alicyclic amines) is 1. The van der Waals surface area contributed by atoms with Crippen LogP contribution in [0.4, 0.5) is 0 Å². The van der Waals surface area contributed by atoms with Crippen molar-refractivity contribution in [2.24, 2.45) is 12.8 Å². The van der Waals surface area contributed by atoms with E-state index in [0.717, 1.165) is 12.1 Å². The number of nitrogens with zero attached hydrogens (tertiary/aromatic N) is 3. The Labute approximate surface area is 104 Å². The molecule has 1 fully saturated rings. The summed E-state index contributed by atoms with van der Waals surface area (Å²) in [7, 11) is 1.94. The smallest absolute Gasteiger partial charge is 0.0537 e. The molecule has 0 aliphatic carbocycles. The van der Waals surface area contributed by atoms with Gasteiger partial charge in [-0.2, -0.15) is 5.10 Å². The quantitative estimate of drug-likeness (QED) is 0.868. The molecule has 0 bridgehead atoms. The first-order valence-corrected chi connectivity index (χ1v) is 6.65. The van der Waals surface area contributed by atoms with E-state index in [1.165, 1.54) is 32.2 Å². The largest absolute Gasteiger partial charge is 0.323 e. The summed E-state index contributed by atoms with van der Waals surface area (Å²) < 4.78 is 1.82. The average molecular weight is 236 g/mol. The molecule has 4 heteroatoms. The lowest BCUT2D eigenvalue weighted by Crippen LogP contribution is -2.38. The fourth-order valence-corrected chi connectivity index (χ4v) is 2.60. The summed E-state index contributed by atoms with van der Waals surface area (Å²) in [5.41, 5.74) is 7.40. The Morgan fingerprint density at radius 1 is 1.47 bits per heavy atom. The lowest BCUT2D eigenvalue weighted by molar-refractivity contribution is 0.201. The Hall–Kier alpha value is -0.870.